The van der Waals surface area contributed by atoms with E-state index >= 15 is 0 Å². The first-order chi connectivity index (χ1) is 5.07. The summed E-state index contributed by atoms with van der Waals surface area (Å²) >= 11 is 0. The molecule has 11 heavy (non-hydrogen) atoms. The molecule has 0 fully saturated rings. The largest absolute Gasteiger partial charge is 0.463 e. The Balaban J connectivity index is 3.74. The van der Waals surface area contributed by atoms with E-state index in [9.17, 15) is 4.79 Å². The quantitative estimate of drug-likeness (QED) is 0.488. The van der Waals surface area contributed by atoms with E-state index in [2.05, 4.69) is 11.3 Å². The maximum atomic E-state index is 10.8. The summed E-state index contributed by atoms with van der Waals surface area (Å²) in [6, 6.07) is 0. The highest BCUT2D eigenvalue weighted by Crippen LogP contribution is 2.04. The number of hydrogen-bond donors (Lipinski definition) is 1. The smallest absolute Gasteiger partial charge is 0.333 e. The van der Waals surface area contributed by atoms with Gasteiger partial charge in [0, 0.05) is 12.0 Å². The summed E-state index contributed by atoms with van der Waals surface area (Å²) in [5.74, 6) is -0.423. The van der Waals surface area contributed by atoms with Crippen molar-refractivity contribution in [3.8, 4) is 0 Å². The minimum atomic E-state index is -0.535. The van der Waals surface area contributed by atoms with Crippen LogP contribution in [0.5, 0.6) is 0 Å². The Bertz CT molecular complexity index is 149. The molecular weight excluding hydrogens is 144 g/mol. The van der Waals surface area contributed by atoms with E-state index in [4.69, 9.17) is 5.11 Å². The lowest BCUT2D eigenvalue weighted by Crippen LogP contribution is -2.11. The van der Waals surface area contributed by atoms with Crippen LogP contribution in [-0.2, 0) is 9.53 Å². The van der Waals surface area contributed by atoms with E-state index in [1.807, 2.05) is 0 Å². The van der Waals surface area contributed by atoms with Crippen molar-refractivity contribution in [1.82, 2.24) is 0 Å². The second-order valence-electron chi connectivity index (χ2n) is 2.38. The molecule has 64 valence electrons. The Morgan fingerprint density at radius 3 is 2.64 bits per heavy atom. The molecule has 0 aromatic heterocycles. The first kappa shape index (κ1) is 10.2. The number of ether oxygens (including phenoxy) is 1. The first-order valence-electron chi connectivity index (χ1n) is 3.60. The lowest BCUT2D eigenvalue weighted by molar-refractivity contribution is -0.138. The number of aliphatic hydroxyl groups excluding tert-OH is 1. The first-order valence-corrected chi connectivity index (χ1v) is 3.60. The minimum Gasteiger partial charge on any atom is -0.463 e. The average molecular weight is 158 g/mol. The minimum absolute atomic E-state index is 0.277. The summed E-state index contributed by atoms with van der Waals surface area (Å²) in [7, 11) is 0. The molecule has 0 radical (unpaired) electrons. The van der Waals surface area contributed by atoms with Crippen molar-refractivity contribution in [2.24, 2.45) is 0 Å². The van der Waals surface area contributed by atoms with Crippen LogP contribution < -0.4 is 0 Å². The molecule has 3 nitrogen and oxygen atoms in total. The molecule has 0 aliphatic heterocycles. The predicted molar refractivity (Wildman–Crippen MR) is 42.1 cm³/mol. The Labute approximate surface area is 66.7 Å². The Morgan fingerprint density at radius 1 is 1.73 bits per heavy atom. The van der Waals surface area contributed by atoms with Crippen molar-refractivity contribution >= 4 is 5.97 Å². The van der Waals surface area contributed by atoms with Crippen molar-refractivity contribution in [2.75, 3.05) is 6.61 Å². The molecule has 3 heteroatoms. The molecule has 1 atom stereocenters. The van der Waals surface area contributed by atoms with Crippen LogP contribution in [0.2, 0.25) is 0 Å². The molecule has 0 amide bonds. The van der Waals surface area contributed by atoms with Gasteiger partial charge in [0.15, 0.2) is 0 Å². The normalized spacial score (nSPS) is 12.3. The van der Waals surface area contributed by atoms with Gasteiger partial charge in [-0.25, -0.2) is 4.79 Å². The van der Waals surface area contributed by atoms with E-state index in [1.54, 1.807) is 13.8 Å². The van der Waals surface area contributed by atoms with Gasteiger partial charge in [-0.2, -0.15) is 0 Å². The number of rotatable bonds is 4. The zero-order valence-corrected chi connectivity index (χ0v) is 6.96. The van der Waals surface area contributed by atoms with Crippen molar-refractivity contribution in [3.05, 3.63) is 12.2 Å². The van der Waals surface area contributed by atoms with Crippen molar-refractivity contribution in [1.29, 1.82) is 0 Å². The summed E-state index contributed by atoms with van der Waals surface area (Å²) in [6.07, 6.45) is -0.259. The summed E-state index contributed by atoms with van der Waals surface area (Å²) in [6.45, 7) is 7.16. The van der Waals surface area contributed by atoms with E-state index in [1.165, 1.54) is 0 Å². The zero-order valence-electron chi connectivity index (χ0n) is 6.96. The van der Waals surface area contributed by atoms with E-state index in [0.717, 1.165) is 0 Å². The summed E-state index contributed by atoms with van der Waals surface area (Å²) in [4.78, 5) is 10.8. The Hall–Kier alpha value is -0.830. The summed E-state index contributed by atoms with van der Waals surface area (Å²) < 4.78 is 4.65. The third-order valence-corrected chi connectivity index (χ3v) is 1.11. The number of esters is 1. The molecule has 0 unspecified atom stereocenters. The van der Waals surface area contributed by atoms with Crippen LogP contribution in [0.1, 0.15) is 20.3 Å². The lowest BCUT2D eigenvalue weighted by atomic mass is 10.1. The van der Waals surface area contributed by atoms with E-state index < -0.39 is 12.1 Å². The highest BCUT2D eigenvalue weighted by atomic mass is 16.5. The number of carbonyl (C=O) groups excluding carboxylic acids is 1. The summed E-state index contributed by atoms with van der Waals surface area (Å²) in [5.41, 5.74) is 0.321. The number of aliphatic hydroxyl groups is 1. The molecule has 0 bridgehead atoms. The molecule has 0 spiro atoms. The molecule has 0 aliphatic rings. The van der Waals surface area contributed by atoms with Gasteiger partial charge in [0.2, 0.25) is 0 Å². The Morgan fingerprint density at radius 2 is 2.27 bits per heavy atom. The molecule has 0 aliphatic carbocycles. The molecule has 0 rings (SSSR count). The van der Waals surface area contributed by atoms with Crippen LogP contribution in [0, 0.1) is 0 Å². The van der Waals surface area contributed by atoms with Gasteiger partial charge < -0.3 is 9.84 Å². The van der Waals surface area contributed by atoms with Crippen LogP contribution in [0.4, 0.5) is 0 Å². The fourth-order valence-corrected chi connectivity index (χ4v) is 0.673. The van der Waals surface area contributed by atoms with Crippen LogP contribution in [-0.4, -0.2) is 23.8 Å². The van der Waals surface area contributed by atoms with Gasteiger partial charge in [0.1, 0.15) is 0 Å². The fourth-order valence-electron chi connectivity index (χ4n) is 0.673. The second kappa shape index (κ2) is 4.91. The maximum absolute atomic E-state index is 10.8. The van der Waals surface area contributed by atoms with E-state index in [0.29, 0.717) is 12.2 Å². The molecular formula is C8H14O3. The van der Waals surface area contributed by atoms with Gasteiger partial charge in [-0.05, 0) is 13.8 Å². The van der Waals surface area contributed by atoms with Gasteiger partial charge in [-0.1, -0.05) is 6.58 Å². The average Bonchev–Trinajstić information content (AvgIpc) is 1.86. The van der Waals surface area contributed by atoms with Crippen molar-refractivity contribution in [3.63, 3.8) is 0 Å². The number of carbonyl (C=O) groups is 1. The molecule has 1 N–H and O–H groups in total. The van der Waals surface area contributed by atoms with Gasteiger partial charge in [0.25, 0.3) is 0 Å². The molecule has 0 saturated heterocycles. The van der Waals surface area contributed by atoms with Crippen LogP contribution in [0.15, 0.2) is 12.2 Å². The monoisotopic (exact) mass is 158 g/mol. The second-order valence-corrected chi connectivity index (χ2v) is 2.38. The van der Waals surface area contributed by atoms with Crippen LogP contribution in [0.3, 0.4) is 0 Å². The molecule has 0 aromatic rings. The third kappa shape index (κ3) is 4.56. The SMILES string of the molecule is C=C(C[C@H](C)O)C(=O)OCC. The van der Waals surface area contributed by atoms with E-state index in [-0.39, 0.29) is 6.42 Å². The molecule has 0 aromatic carbocycles. The van der Waals surface area contributed by atoms with Gasteiger partial charge in [0.05, 0.1) is 12.7 Å². The topological polar surface area (TPSA) is 46.5 Å². The highest BCUT2D eigenvalue weighted by Gasteiger charge is 2.09. The zero-order chi connectivity index (χ0) is 8.85. The lowest BCUT2D eigenvalue weighted by Gasteiger charge is -2.06. The summed E-state index contributed by atoms with van der Waals surface area (Å²) in [5, 5.41) is 8.87. The van der Waals surface area contributed by atoms with Crippen LogP contribution >= 0.6 is 0 Å². The molecule has 0 saturated carbocycles. The number of hydrogen-bond acceptors (Lipinski definition) is 3. The standard InChI is InChI=1S/C8H14O3/c1-4-11-8(10)6(2)5-7(3)9/h7,9H,2,4-5H2,1,3H3/t7-/m0/s1. The van der Waals surface area contributed by atoms with Gasteiger partial charge in [-0.3, -0.25) is 0 Å². The maximum Gasteiger partial charge on any atom is 0.333 e. The Kier molecular flexibility index (Phi) is 4.54. The van der Waals surface area contributed by atoms with Gasteiger partial charge in [-0.15, -0.1) is 0 Å². The highest BCUT2D eigenvalue weighted by molar-refractivity contribution is 5.87. The van der Waals surface area contributed by atoms with Crippen molar-refractivity contribution in [2.45, 2.75) is 26.4 Å². The van der Waals surface area contributed by atoms with Crippen LogP contribution in [0.25, 0.3) is 0 Å². The van der Waals surface area contributed by atoms with Crippen molar-refractivity contribution < 1.29 is 14.6 Å². The molecule has 0 heterocycles. The fraction of sp³-hybridized carbons (Fsp3) is 0.625. The predicted octanol–water partition coefficient (Wildman–Crippen LogP) is 0.877. The van der Waals surface area contributed by atoms with Gasteiger partial charge >= 0.3 is 5.97 Å². The third-order valence-electron chi connectivity index (χ3n) is 1.11.